The van der Waals surface area contributed by atoms with Crippen molar-refractivity contribution < 1.29 is 4.74 Å². The van der Waals surface area contributed by atoms with Crippen molar-refractivity contribution in [1.82, 2.24) is 0 Å². The van der Waals surface area contributed by atoms with E-state index in [1.807, 2.05) is 11.8 Å². The van der Waals surface area contributed by atoms with Gasteiger partial charge in [0.1, 0.15) is 5.76 Å². The molecular formula is C37H50OS. The molecule has 0 aliphatic heterocycles. The van der Waals surface area contributed by atoms with E-state index < -0.39 is 0 Å². The Labute approximate surface area is 242 Å². The van der Waals surface area contributed by atoms with Gasteiger partial charge < -0.3 is 4.74 Å². The first kappa shape index (κ1) is 29.8. The largest absolute Gasteiger partial charge is 0.496 e. The number of ether oxygens (including phenoxy) is 1. The minimum Gasteiger partial charge on any atom is -0.496 e. The minimum atomic E-state index is 0.201. The van der Waals surface area contributed by atoms with Gasteiger partial charge in [0.25, 0.3) is 0 Å². The first-order valence-electron chi connectivity index (χ1n) is 15.9. The molecule has 3 aromatic carbocycles. The Morgan fingerprint density at radius 1 is 0.590 bits per heavy atom. The maximum absolute atomic E-state index is 6.52. The molecule has 0 N–H and O–H groups in total. The molecule has 0 fully saturated rings. The molecule has 0 aromatic heterocycles. The van der Waals surface area contributed by atoms with Crippen molar-refractivity contribution in [1.29, 1.82) is 0 Å². The molecule has 0 heterocycles. The SMILES string of the molecule is CCCCCCCCCCCCCCCCCCOC1=Cc2cccc3cccc(c23)C1Sc1ccccc1. The fraction of sp³-hybridized carbons (Fsp3) is 0.514. The van der Waals surface area contributed by atoms with Crippen molar-refractivity contribution in [2.24, 2.45) is 0 Å². The van der Waals surface area contributed by atoms with Gasteiger partial charge in [-0.2, -0.15) is 0 Å². The van der Waals surface area contributed by atoms with E-state index in [1.54, 1.807) is 0 Å². The number of thioether (sulfide) groups is 1. The van der Waals surface area contributed by atoms with Crippen LogP contribution in [0.1, 0.15) is 126 Å². The van der Waals surface area contributed by atoms with E-state index in [4.69, 9.17) is 4.74 Å². The smallest absolute Gasteiger partial charge is 0.114 e. The first-order valence-corrected chi connectivity index (χ1v) is 16.8. The lowest BCUT2D eigenvalue weighted by Crippen LogP contribution is -2.09. The summed E-state index contributed by atoms with van der Waals surface area (Å²) in [6, 6.07) is 24.1. The van der Waals surface area contributed by atoms with Gasteiger partial charge in [0.05, 0.1) is 11.9 Å². The van der Waals surface area contributed by atoms with E-state index in [1.165, 1.54) is 123 Å². The molecule has 1 aliphatic rings. The molecule has 0 spiro atoms. The molecule has 1 nitrogen and oxygen atoms in total. The van der Waals surface area contributed by atoms with Gasteiger partial charge in [-0.25, -0.2) is 0 Å². The molecule has 0 bridgehead atoms. The summed E-state index contributed by atoms with van der Waals surface area (Å²) in [5.74, 6) is 1.11. The third-order valence-corrected chi connectivity index (χ3v) is 9.34. The Morgan fingerprint density at radius 3 is 1.77 bits per heavy atom. The average molecular weight is 543 g/mol. The predicted octanol–water partition coefficient (Wildman–Crippen LogP) is 12.3. The van der Waals surface area contributed by atoms with E-state index in [2.05, 4.69) is 79.7 Å². The second-order valence-corrected chi connectivity index (χ2v) is 12.5. The van der Waals surface area contributed by atoms with Crippen molar-refractivity contribution in [2.45, 2.75) is 120 Å². The van der Waals surface area contributed by atoms with Crippen molar-refractivity contribution in [3.8, 4) is 0 Å². The van der Waals surface area contributed by atoms with Gasteiger partial charge in [0, 0.05) is 4.90 Å². The van der Waals surface area contributed by atoms with Crippen LogP contribution in [0.2, 0.25) is 0 Å². The van der Waals surface area contributed by atoms with Crippen LogP contribution in [0.4, 0.5) is 0 Å². The van der Waals surface area contributed by atoms with Crippen molar-refractivity contribution in [3.63, 3.8) is 0 Å². The highest BCUT2D eigenvalue weighted by molar-refractivity contribution is 7.99. The van der Waals surface area contributed by atoms with Crippen LogP contribution < -0.4 is 0 Å². The van der Waals surface area contributed by atoms with E-state index >= 15 is 0 Å². The normalized spacial score (nSPS) is 14.5. The number of hydrogen-bond acceptors (Lipinski definition) is 2. The lowest BCUT2D eigenvalue weighted by molar-refractivity contribution is 0.201. The van der Waals surface area contributed by atoms with Crippen LogP contribution in [0.3, 0.4) is 0 Å². The first-order chi connectivity index (χ1) is 19.4. The Hall–Kier alpha value is -2.19. The molecule has 1 aliphatic carbocycles. The highest BCUT2D eigenvalue weighted by atomic mass is 32.2. The van der Waals surface area contributed by atoms with Crippen LogP contribution in [0.25, 0.3) is 16.8 Å². The predicted molar refractivity (Wildman–Crippen MR) is 172 cm³/mol. The van der Waals surface area contributed by atoms with Crippen molar-refractivity contribution >= 4 is 28.6 Å². The van der Waals surface area contributed by atoms with Gasteiger partial charge >= 0.3 is 0 Å². The zero-order valence-corrected chi connectivity index (χ0v) is 25.2. The van der Waals surface area contributed by atoms with Crippen LogP contribution in [-0.2, 0) is 4.74 Å². The lowest BCUT2D eigenvalue weighted by atomic mass is 9.92. The van der Waals surface area contributed by atoms with Gasteiger partial charge in [-0.1, -0.05) is 158 Å². The second-order valence-electron chi connectivity index (χ2n) is 11.3. The monoisotopic (exact) mass is 542 g/mol. The Bertz CT molecular complexity index is 1110. The second kappa shape index (κ2) is 17.5. The third kappa shape index (κ3) is 9.75. The zero-order valence-electron chi connectivity index (χ0n) is 24.3. The van der Waals surface area contributed by atoms with Gasteiger partial charge in [-0.3, -0.25) is 0 Å². The fourth-order valence-electron chi connectivity index (χ4n) is 5.84. The summed E-state index contributed by atoms with van der Waals surface area (Å²) in [6.07, 6.45) is 24.6. The summed E-state index contributed by atoms with van der Waals surface area (Å²) < 4.78 is 6.52. The lowest BCUT2D eigenvalue weighted by Gasteiger charge is -2.27. The molecule has 210 valence electrons. The minimum absolute atomic E-state index is 0.201. The molecular weight excluding hydrogens is 492 g/mol. The van der Waals surface area contributed by atoms with Gasteiger partial charge in [-0.15, -0.1) is 11.8 Å². The van der Waals surface area contributed by atoms with Crippen LogP contribution in [0, 0.1) is 0 Å². The topological polar surface area (TPSA) is 9.23 Å². The number of benzene rings is 3. The molecule has 2 heteroatoms. The number of unbranched alkanes of at least 4 members (excludes halogenated alkanes) is 15. The molecule has 1 atom stereocenters. The Balaban J connectivity index is 1.13. The van der Waals surface area contributed by atoms with Crippen LogP contribution in [-0.4, -0.2) is 6.61 Å². The highest BCUT2D eigenvalue weighted by Crippen LogP contribution is 2.47. The van der Waals surface area contributed by atoms with E-state index in [9.17, 15) is 0 Å². The third-order valence-electron chi connectivity index (χ3n) is 8.07. The zero-order chi connectivity index (χ0) is 27.0. The van der Waals surface area contributed by atoms with Crippen LogP contribution in [0.15, 0.2) is 77.4 Å². The summed E-state index contributed by atoms with van der Waals surface area (Å²) in [7, 11) is 0. The molecule has 0 saturated carbocycles. The standard InChI is InChI=1S/C37H50OS/c1-2-3-4-5-6-7-8-9-10-11-12-13-14-15-16-20-29-38-35-30-32-25-21-23-31-24-22-28-34(36(31)32)37(35)39-33-26-18-17-19-27-33/h17-19,21-28,30,37H,2-16,20,29H2,1H3. The summed E-state index contributed by atoms with van der Waals surface area (Å²) in [5, 5.41) is 2.90. The Morgan fingerprint density at radius 2 is 1.15 bits per heavy atom. The average Bonchev–Trinajstić information content (AvgIpc) is 2.97. The van der Waals surface area contributed by atoms with Crippen molar-refractivity contribution in [3.05, 3.63) is 83.6 Å². The molecule has 39 heavy (non-hydrogen) atoms. The summed E-state index contributed by atoms with van der Waals surface area (Å²) in [5.41, 5.74) is 2.66. The molecule has 1 unspecified atom stereocenters. The van der Waals surface area contributed by atoms with Gasteiger partial charge in [-0.05, 0) is 46.5 Å². The van der Waals surface area contributed by atoms with Crippen LogP contribution >= 0.6 is 11.8 Å². The maximum Gasteiger partial charge on any atom is 0.114 e. The maximum atomic E-state index is 6.52. The fourth-order valence-corrected chi connectivity index (χ4v) is 7.00. The van der Waals surface area contributed by atoms with Crippen LogP contribution in [0.5, 0.6) is 0 Å². The van der Waals surface area contributed by atoms with Gasteiger partial charge in [0.15, 0.2) is 0 Å². The number of hydrogen-bond donors (Lipinski definition) is 0. The van der Waals surface area contributed by atoms with E-state index in [0.29, 0.717) is 0 Å². The molecule has 3 aromatic rings. The van der Waals surface area contributed by atoms with Gasteiger partial charge in [0.2, 0.25) is 0 Å². The summed E-state index contributed by atoms with van der Waals surface area (Å²) >= 11 is 1.91. The molecule has 0 saturated heterocycles. The highest BCUT2D eigenvalue weighted by Gasteiger charge is 2.26. The van der Waals surface area contributed by atoms with E-state index in [0.717, 1.165) is 18.8 Å². The quantitative estimate of drug-likeness (QED) is 0.131. The van der Waals surface area contributed by atoms with E-state index in [-0.39, 0.29) is 5.25 Å². The molecule has 4 rings (SSSR count). The number of rotatable bonds is 20. The summed E-state index contributed by atoms with van der Waals surface area (Å²) in [4.78, 5) is 1.29. The Kier molecular flexibility index (Phi) is 13.4. The molecule has 0 radical (unpaired) electrons. The molecule has 0 amide bonds. The van der Waals surface area contributed by atoms with Crippen molar-refractivity contribution in [2.75, 3.05) is 6.61 Å². The summed E-state index contributed by atoms with van der Waals surface area (Å²) in [6.45, 7) is 3.11.